The Hall–Kier alpha value is -1.70. The van der Waals surface area contributed by atoms with Gasteiger partial charge < -0.3 is 9.67 Å². The summed E-state index contributed by atoms with van der Waals surface area (Å²) in [6, 6.07) is 9.23. The zero-order valence-electron chi connectivity index (χ0n) is 16.7. The van der Waals surface area contributed by atoms with Gasteiger partial charge in [-0.05, 0) is 30.7 Å². The summed E-state index contributed by atoms with van der Waals surface area (Å²) in [5.74, 6) is 0.414. The summed E-state index contributed by atoms with van der Waals surface area (Å²) in [7, 11) is -3.69. The lowest BCUT2D eigenvalue weighted by atomic mass is 9.99. The van der Waals surface area contributed by atoms with E-state index in [9.17, 15) is 13.5 Å². The Morgan fingerprint density at radius 2 is 1.93 bits per heavy atom. The minimum absolute atomic E-state index is 0.106. The number of hydrogen-bond acceptors (Lipinski definition) is 4. The SMILES string of the molecule is CC(C)Cn1cnc(S(=O)(=O)N2CCCCC[C@H]2C[C@H](O)c2ccccc2)c1. The van der Waals surface area contributed by atoms with Crippen molar-refractivity contribution in [3.8, 4) is 0 Å². The van der Waals surface area contributed by atoms with E-state index >= 15 is 0 Å². The van der Waals surface area contributed by atoms with E-state index in [0.717, 1.165) is 37.8 Å². The Morgan fingerprint density at radius 3 is 2.64 bits per heavy atom. The van der Waals surface area contributed by atoms with E-state index in [0.29, 0.717) is 18.9 Å². The topological polar surface area (TPSA) is 75.4 Å². The lowest BCUT2D eigenvalue weighted by Gasteiger charge is -2.30. The molecule has 1 aromatic carbocycles. The molecule has 6 nitrogen and oxygen atoms in total. The van der Waals surface area contributed by atoms with Crippen LogP contribution in [-0.4, -0.2) is 40.0 Å². The van der Waals surface area contributed by atoms with Crippen LogP contribution in [0.1, 0.15) is 57.6 Å². The maximum absolute atomic E-state index is 13.3. The van der Waals surface area contributed by atoms with Crippen molar-refractivity contribution in [2.75, 3.05) is 6.54 Å². The fraction of sp³-hybridized carbons (Fsp3) is 0.571. The summed E-state index contributed by atoms with van der Waals surface area (Å²) in [6.07, 6.45) is 6.52. The van der Waals surface area contributed by atoms with Gasteiger partial charge in [0.1, 0.15) is 0 Å². The average Bonchev–Trinajstić information content (AvgIpc) is 3.00. The molecule has 1 fully saturated rings. The third-order valence-corrected chi connectivity index (χ3v) is 7.10. The van der Waals surface area contributed by atoms with Crippen LogP contribution in [0.4, 0.5) is 0 Å². The van der Waals surface area contributed by atoms with Crippen molar-refractivity contribution in [1.29, 1.82) is 0 Å². The normalized spacial score (nSPS) is 20.2. The minimum atomic E-state index is -3.69. The molecule has 0 unspecified atom stereocenters. The molecule has 1 saturated heterocycles. The Kier molecular flexibility index (Phi) is 6.91. The van der Waals surface area contributed by atoms with E-state index < -0.39 is 16.1 Å². The second kappa shape index (κ2) is 9.20. The number of nitrogens with zero attached hydrogens (tertiary/aromatic N) is 3. The molecular formula is C21H31N3O3S. The van der Waals surface area contributed by atoms with Crippen LogP contribution in [0.25, 0.3) is 0 Å². The summed E-state index contributed by atoms with van der Waals surface area (Å²) >= 11 is 0. The zero-order valence-corrected chi connectivity index (χ0v) is 17.6. The van der Waals surface area contributed by atoms with Crippen molar-refractivity contribution in [3.63, 3.8) is 0 Å². The van der Waals surface area contributed by atoms with E-state index in [1.807, 2.05) is 34.9 Å². The van der Waals surface area contributed by atoms with Crippen molar-refractivity contribution < 1.29 is 13.5 Å². The van der Waals surface area contributed by atoms with Crippen molar-refractivity contribution in [2.45, 2.75) is 69.7 Å². The fourth-order valence-electron chi connectivity index (χ4n) is 3.89. The monoisotopic (exact) mass is 405 g/mol. The highest BCUT2D eigenvalue weighted by Gasteiger charge is 2.35. The van der Waals surface area contributed by atoms with Gasteiger partial charge in [0.15, 0.2) is 5.03 Å². The number of hydrogen-bond donors (Lipinski definition) is 1. The number of aliphatic hydroxyl groups excluding tert-OH is 1. The molecule has 2 heterocycles. The average molecular weight is 406 g/mol. The third-order valence-electron chi connectivity index (χ3n) is 5.26. The predicted molar refractivity (Wildman–Crippen MR) is 109 cm³/mol. The molecule has 154 valence electrons. The highest BCUT2D eigenvalue weighted by molar-refractivity contribution is 7.89. The van der Waals surface area contributed by atoms with Crippen LogP contribution in [0.15, 0.2) is 47.9 Å². The fourth-order valence-corrected chi connectivity index (χ4v) is 5.53. The first-order valence-corrected chi connectivity index (χ1v) is 11.6. The van der Waals surface area contributed by atoms with E-state index in [-0.39, 0.29) is 11.1 Å². The van der Waals surface area contributed by atoms with E-state index in [1.165, 1.54) is 0 Å². The first-order chi connectivity index (χ1) is 13.4. The first-order valence-electron chi connectivity index (χ1n) is 10.1. The van der Waals surface area contributed by atoms with Crippen molar-refractivity contribution >= 4 is 10.0 Å². The lowest BCUT2D eigenvalue weighted by molar-refractivity contribution is 0.132. The van der Waals surface area contributed by atoms with E-state index in [1.54, 1.807) is 16.8 Å². The van der Waals surface area contributed by atoms with Crippen LogP contribution in [0.3, 0.4) is 0 Å². The Morgan fingerprint density at radius 1 is 1.18 bits per heavy atom. The molecule has 2 aromatic rings. The smallest absolute Gasteiger partial charge is 0.262 e. The molecule has 28 heavy (non-hydrogen) atoms. The van der Waals surface area contributed by atoms with Gasteiger partial charge in [-0.25, -0.2) is 13.4 Å². The highest BCUT2D eigenvalue weighted by atomic mass is 32.2. The molecule has 3 rings (SSSR count). The van der Waals surface area contributed by atoms with Crippen molar-refractivity contribution in [2.24, 2.45) is 5.92 Å². The summed E-state index contributed by atoms with van der Waals surface area (Å²) in [4.78, 5) is 4.19. The summed E-state index contributed by atoms with van der Waals surface area (Å²) < 4.78 is 30.1. The molecule has 1 aromatic heterocycles. The molecule has 0 amide bonds. The summed E-state index contributed by atoms with van der Waals surface area (Å²) in [6.45, 7) is 5.39. The number of imidazole rings is 1. The van der Waals surface area contributed by atoms with Gasteiger partial charge in [-0.15, -0.1) is 0 Å². The van der Waals surface area contributed by atoms with Crippen molar-refractivity contribution in [3.05, 3.63) is 48.4 Å². The summed E-state index contributed by atoms with van der Waals surface area (Å²) in [5.41, 5.74) is 0.824. The largest absolute Gasteiger partial charge is 0.388 e. The van der Waals surface area contributed by atoms with Gasteiger partial charge in [0.25, 0.3) is 10.0 Å². The maximum Gasteiger partial charge on any atom is 0.262 e. The molecule has 7 heteroatoms. The molecule has 0 aliphatic carbocycles. The minimum Gasteiger partial charge on any atom is -0.388 e. The molecule has 0 spiro atoms. The number of aromatic nitrogens is 2. The van der Waals surface area contributed by atoms with Crippen LogP contribution in [0.5, 0.6) is 0 Å². The Bertz CT molecular complexity index is 849. The number of benzene rings is 1. The molecule has 1 N–H and O–H groups in total. The molecule has 0 bridgehead atoms. The molecule has 2 atom stereocenters. The predicted octanol–water partition coefficient (Wildman–Crippen LogP) is 3.60. The van der Waals surface area contributed by atoms with Gasteiger partial charge in [-0.1, -0.05) is 57.0 Å². The number of sulfonamides is 1. The van der Waals surface area contributed by atoms with Gasteiger partial charge in [0.2, 0.25) is 0 Å². The molecule has 0 saturated carbocycles. The van der Waals surface area contributed by atoms with Crippen LogP contribution in [0, 0.1) is 5.92 Å². The second-order valence-electron chi connectivity index (χ2n) is 8.08. The van der Waals surface area contributed by atoms with Crippen LogP contribution < -0.4 is 0 Å². The standard InChI is InChI=1S/C21H31N3O3S/c1-17(2)14-23-15-21(22-16-23)28(26,27)24-12-8-4-7-11-19(24)13-20(25)18-9-5-3-6-10-18/h3,5-6,9-10,15-17,19-20,25H,4,7-8,11-14H2,1-2H3/t19-,20-/m0/s1. The molecule has 0 radical (unpaired) electrons. The third kappa shape index (κ3) is 5.01. The maximum atomic E-state index is 13.3. The zero-order chi connectivity index (χ0) is 20.1. The quantitative estimate of drug-likeness (QED) is 0.764. The summed E-state index contributed by atoms with van der Waals surface area (Å²) in [5, 5.41) is 10.8. The Labute approximate surface area is 168 Å². The van der Waals surface area contributed by atoms with E-state index in [2.05, 4.69) is 18.8 Å². The molecule has 1 aliphatic rings. The first kappa shape index (κ1) is 21.0. The van der Waals surface area contributed by atoms with Gasteiger partial charge in [0.05, 0.1) is 12.4 Å². The second-order valence-corrected chi connectivity index (χ2v) is 9.92. The number of rotatable bonds is 7. The van der Waals surface area contributed by atoms with E-state index in [4.69, 9.17) is 0 Å². The van der Waals surface area contributed by atoms with Gasteiger partial charge in [0, 0.05) is 25.3 Å². The van der Waals surface area contributed by atoms with Gasteiger partial charge in [-0.3, -0.25) is 0 Å². The van der Waals surface area contributed by atoms with Crippen LogP contribution >= 0.6 is 0 Å². The lowest BCUT2D eigenvalue weighted by Crippen LogP contribution is -2.41. The molecule has 1 aliphatic heterocycles. The van der Waals surface area contributed by atoms with Crippen LogP contribution in [-0.2, 0) is 16.6 Å². The Balaban J connectivity index is 1.82. The molecular weight excluding hydrogens is 374 g/mol. The van der Waals surface area contributed by atoms with Crippen LogP contribution in [0.2, 0.25) is 0 Å². The van der Waals surface area contributed by atoms with Crippen molar-refractivity contribution in [1.82, 2.24) is 13.9 Å². The van der Waals surface area contributed by atoms with Gasteiger partial charge >= 0.3 is 0 Å². The number of aliphatic hydroxyl groups is 1. The van der Waals surface area contributed by atoms with Gasteiger partial charge in [-0.2, -0.15) is 4.31 Å². The highest BCUT2D eigenvalue weighted by Crippen LogP contribution is 2.30.